The molecule has 0 saturated carbocycles. The lowest BCUT2D eigenvalue weighted by molar-refractivity contribution is -0.306. The molecule has 3 heteroatoms. The number of hydrogen-bond donors (Lipinski definition) is 1. The number of carboxylic acid groups (broad SMARTS) is 1. The molecular weight excluding hydrogens is 172 g/mol. The van der Waals surface area contributed by atoms with Gasteiger partial charge in [0.05, 0.1) is 0 Å². The fourth-order valence-corrected chi connectivity index (χ4v) is 1.51. The average Bonchev–Trinajstić information content (AvgIpc) is 2.05. The van der Waals surface area contributed by atoms with E-state index in [2.05, 4.69) is 19.6 Å². The van der Waals surface area contributed by atoms with Crippen LogP contribution >= 0.6 is 12.6 Å². The van der Waals surface area contributed by atoms with Gasteiger partial charge in [-0.1, -0.05) is 19.8 Å². The van der Waals surface area contributed by atoms with Crippen molar-refractivity contribution in [2.24, 2.45) is 5.92 Å². The maximum absolute atomic E-state index is 10.2. The van der Waals surface area contributed by atoms with E-state index in [0.717, 1.165) is 25.0 Å². The van der Waals surface area contributed by atoms with Gasteiger partial charge in [0.25, 0.3) is 0 Å². The highest BCUT2D eigenvalue weighted by Gasteiger charge is 2.05. The molecule has 0 spiro atoms. The second-order valence-corrected chi connectivity index (χ2v) is 3.47. The molecule has 0 radical (unpaired) electrons. The van der Waals surface area contributed by atoms with Crippen LogP contribution in [0.2, 0.25) is 0 Å². The lowest BCUT2D eigenvalue weighted by Gasteiger charge is -2.13. The molecule has 0 fully saturated rings. The molecule has 0 aromatic rings. The highest BCUT2D eigenvalue weighted by Crippen LogP contribution is 2.15. The third-order valence-corrected chi connectivity index (χ3v) is 2.50. The van der Waals surface area contributed by atoms with Crippen molar-refractivity contribution in [3.63, 3.8) is 0 Å². The molecule has 0 aliphatic carbocycles. The minimum Gasteiger partial charge on any atom is -0.550 e. The number of carbonyl (C=O) groups excluding carboxylic acids is 1. The van der Waals surface area contributed by atoms with Crippen molar-refractivity contribution in [2.75, 3.05) is 5.75 Å². The van der Waals surface area contributed by atoms with Crippen molar-refractivity contribution in [2.45, 2.75) is 39.0 Å². The van der Waals surface area contributed by atoms with Gasteiger partial charge in [0.2, 0.25) is 0 Å². The summed E-state index contributed by atoms with van der Waals surface area (Å²) in [4.78, 5) is 10.2. The van der Waals surface area contributed by atoms with Gasteiger partial charge in [0, 0.05) is 5.97 Å². The Labute approximate surface area is 79.8 Å². The van der Waals surface area contributed by atoms with Crippen LogP contribution < -0.4 is 5.11 Å². The summed E-state index contributed by atoms with van der Waals surface area (Å²) in [7, 11) is 0. The maximum atomic E-state index is 10.2. The van der Waals surface area contributed by atoms with E-state index in [1.165, 1.54) is 0 Å². The van der Waals surface area contributed by atoms with Crippen molar-refractivity contribution < 1.29 is 9.90 Å². The third-order valence-electron chi connectivity index (χ3n) is 1.98. The van der Waals surface area contributed by atoms with Crippen LogP contribution in [0.25, 0.3) is 0 Å². The van der Waals surface area contributed by atoms with E-state index >= 15 is 0 Å². The minimum atomic E-state index is -0.946. The fraction of sp³-hybridized carbons (Fsp3) is 0.889. The molecule has 0 aromatic heterocycles. The van der Waals surface area contributed by atoms with Gasteiger partial charge in [-0.15, -0.1) is 0 Å². The van der Waals surface area contributed by atoms with Gasteiger partial charge < -0.3 is 9.90 Å². The van der Waals surface area contributed by atoms with Gasteiger partial charge in [-0.2, -0.15) is 12.6 Å². The summed E-state index contributed by atoms with van der Waals surface area (Å²) in [6, 6.07) is 0. The highest BCUT2D eigenvalue weighted by atomic mass is 32.1. The Kier molecular flexibility index (Phi) is 7.36. The molecule has 0 amide bonds. The van der Waals surface area contributed by atoms with E-state index in [4.69, 9.17) is 0 Å². The molecule has 0 N–H and O–H groups in total. The SMILES string of the molecule is CCCCC(CS)CCC(=O)[O-]. The zero-order valence-corrected chi connectivity index (χ0v) is 8.48. The number of hydrogen-bond acceptors (Lipinski definition) is 3. The fourth-order valence-electron chi connectivity index (χ4n) is 1.14. The molecule has 0 heterocycles. The van der Waals surface area contributed by atoms with Crippen LogP contribution in [0, 0.1) is 5.92 Å². The molecular formula is C9H17O2S-. The van der Waals surface area contributed by atoms with Crippen molar-refractivity contribution in [1.82, 2.24) is 0 Å². The lowest BCUT2D eigenvalue weighted by atomic mass is 9.99. The summed E-state index contributed by atoms with van der Waals surface area (Å²) >= 11 is 4.18. The van der Waals surface area contributed by atoms with Crippen molar-refractivity contribution >= 4 is 18.6 Å². The number of rotatable bonds is 7. The Morgan fingerprint density at radius 1 is 1.50 bits per heavy atom. The van der Waals surface area contributed by atoms with E-state index in [-0.39, 0.29) is 6.42 Å². The van der Waals surface area contributed by atoms with Crippen molar-refractivity contribution in [3.8, 4) is 0 Å². The van der Waals surface area contributed by atoms with Crippen molar-refractivity contribution in [3.05, 3.63) is 0 Å². The van der Waals surface area contributed by atoms with E-state index in [0.29, 0.717) is 12.3 Å². The Hall–Kier alpha value is -0.180. The van der Waals surface area contributed by atoms with Gasteiger partial charge in [0.1, 0.15) is 0 Å². The first-order valence-electron chi connectivity index (χ1n) is 4.51. The quantitative estimate of drug-likeness (QED) is 0.612. The highest BCUT2D eigenvalue weighted by molar-refractivity contribution is 7.80. The lowest BCUT2D eigenvalue weighted by Crippen LogP contribution is -2.23. The van der Waals surface area contributed by atoms with Crippen LogP contribution in [0.15, 0.2) is 0 Å². The first-order chi connectivity index (χ1) is 5.70. The summed E-state index contributed by atoms with van der Waals surface area (Å²) in [5, 5.41) is 10.2. The molecule has 72 valence electrons. The predicted molar refractivity (Wildman–Crippen MR) is 51.1 cm³/mol. The monoisotopic (exact) mass is 189 g/mol. The summed E-state index contributed by atoms with van der Waals surface area (Å²) < 4.78 is 0. The molecule has 0 aliphatic rings. The molecule has 12 heavy (non-hydrogen) atoms. The molecule has 0 aliphatic heterocycles. The van der Waals surface area contributed by atoms with Crippen LogP contribution in [-0.4, -0.2) is 11.7 Å². The summed E-state index contributed by atoms with van der Waals surface area (Å²) in [6.07, 6.45) is 4.31. The molecule has 0 bridgehead atoms. The predicted octanol–water partition coefficient (Wildman–Crippen LogP) is 1.25. The molecule has 2 nitrogen and oxygen atoms in total. The number of thiol groups is 1. The largest absolute Gasteiger partial charge is 0.550 e. The Bertz CT molecular complexity index is 126. The van der Waals surface area contributed by atoms with Crippen LogP contribution in [-0.2, 0) is 4.79 Å². The molecule has 1 atom stereocenters. The normalized spacial score (nSPS) is 12.8. The van der Waals surface area contributed by atoms with Gasteiger partial charge in [-0.3, -0.25) is 0 Å². The Morgan fingerprint density at radius 3 is 2.58 bits per heavy atom. The van der Waals surface area contributed by atoms with E-state index in [1.807, 2.05) is 0 Å². The zero-order chi connectivity index (χ0) is 9.40. The third kappa shape index (κ3) is 6.53. The van der Waals surface area contributed by atoms with Crippen LogP contribution in [0.5, 0.6) is 0 Å². The van der Waals surface area contributed by atoms with Gasteiger partial charge in [0.15, 0.2) is 0 Å². The molecule has 1 unspecified atom stereocenters. The molecule has 0 aromatic carbocycles. The Morgan fingerprint density at radius 2 is 2.17 bits per heavy atom. The van der Waals surface area contributed by atoms with Gasteiger partial charge >= 0.3 is 0 Å². The number of aliphatic carboxylic acids is 1. The number of carboxylic acids is 1. The van der Waals surface area contributed by atoms with Crippen molar-refractivity contribution in [1.29, 1.82) is 0 Å². The molecule has 0 rings (SSSR count). The second kappa shape index (κ2) is 7.47. The zero-order valence-electron chi connectivity index (χ0n) is 7.58. The number of carbonyl (C=O) groups is 1. The smallest absolute Gasteiger partial charge is 0.0414 e. The average molecular weight is 189 g/mol. The standard InChI is InChI=1S/C9H18O2S/c1-2-3-4-8(7-12)5-6-9(10)11/h8,12H,2-7H2,1H3,(H,10,11)/p-1. The van der Waals surface area contributed by atoms with Gasteiger partial charge in [-0.25, -0.2) is 0 Å². The topological polar surface area (TPSA) is 40.1 Å². The van der Waals surface area contributed by atoms with Crippen LogP contribution in [0.3, 0.4) is 0 Å². The van der Waals surface area contributed by atoms with Crippen LogP contribution in [0.4, 0.5) is 0 Å². The molecule has 0 saturated heterocycles. The Balaban J connectivity index is 3.45. The minimum absolute atomic E-state index is 0.176. The van der Waals surface area contributed by atoms with E-state index in [1.54, 1.807) is 0 Å². The van der Waals surface area contributed by atoms with Gasteiger partial charge in [-0.05, 0) is 30.9 Å². The maximum Gasteiger partial charge on any atom is 0.0414 e. The summed E-state index contributed by atoms with van der Waals surface area (Å²) in [5.74, 6) is 0.289. The van der Waals surface area contributed by atoms with E-state index < -0.39 is 5.97 Å². The first-order valence-corrected chi connectivity index (χ1v) is 5.14. The second-order valence-electron chi connectivity index (χ2n) is 3.10. The summed E-state index contributed by atoms with van der Waals surface area (Å²) in [6.45, 7) is 2.13. The summed E-state index contributed by atoms with van der Waals surface area (Å²) in [5.41, 5.74) is 0. The van der Waals surface area contributed by atoms with E-state index in [9.17, 15) is 9.90 Å². The number of unbranched alkanes of at least 4 members (excludes halogenated alkanes) is 1. The first kappa shape index (κ1) is 11.8. The van der Waals surface area contributed by atoms with Crippen LogP contribution in [0.1, 0.15) is 39.0 Å².